The summed E-state index contributed by atoms with van der Waals surface area (Å²) in [6, 6.07) is 16.5. The number of hydrogen-bond acceptors (Lipinski definition) is 4. The van der Waals surface area contributed by atoms with Crippen molar-refractivity contribution in [2.75, 3.05) is 10.6 Å². The van der Waals surface area contributed by atoms with Crippen LogP contribution in [-0.2, 0) is 9.59 Å². The van der Waals surface area contributed by atoms with Crippen LogP contribution in [0, 0.1) is 22.7 Å². The molecule has 0 aromatic heterocycles. The lowest BCUT2D eigenvalue weighted by Gasteiger charge is -2.08. The molecule has 0 heterocycles. The van der Waals surface area contributed by atoms with Gasteiger partial charge in [-0.15, -0.1) is 0 Å². The van der Waals surface area contributed by atoms with Gasteiger partial charge in [0.15, 0.2) is 0 Å². The number of para-hydroxylation sites is 2. The van der Waals surface area contributed by atoms with Crippen molar-refractivity contribution in [1.82, 2.24) is 0 Å². The number of benzene rings is 2. The van der Waals surface area contributed by atoms with Crippen LogP contribution in [0.1, 0.15) is 11.1 Å². The third-order valence-electron chi connectivity index (χ3n) is 2.80. The molecular weight excluding hydrogens is 280 g/mol. The van der Waals surface area contributed by atoms with Crippen LogP contribution in [0.25, 0.3) is 0 Å². The lowest BCUT2D eigenvalue weighted by molar-refractivity contribution is -0.133. The minimum Gasteiger partial charge on any atom is -0.317 e. The van der Waals surface area contributed by atoms with Gasteiger partial charge in [-0.25, -0.2) is 0 Å². The number of nitrogens with one attached hydrogen (secondary N) is 2. The Kier molecular flexibility index (Phi) is 4.49. The van der Waals surface area contributed by atoms with Gasteiger partial charge in [0.1, 0.15) is 12.1 Å². The van der Waals surface area contributed by atoms with Crippen LogP contribution in [0.2, 0.25) is 0 Å². The lowest BCUT2D eigenvalue weighted by atomic mass is 10.2. The van der Waals surface area contributed by atoms with Crippen LogP contribution in [0.4, 0.5) is 11.4 Å². The maximum Gasteiger partial charge on any atom is 0.314 e. The second kappa shape index (κ2) is 6.69. The van der Waals surface area contributed by atoms with Crippen LogP contribution >= 0.6 is 0 Å². The minimum atomic E-state index is -0.921. The summed E-state index contributed by atoms with van der Waals surface area (Å²) in [5.74, 6) is -1.84. The molecule has 0 radical (unpaired) electrons. The molecule has 0 aliphatic carbocycles. The maximum absolute atomic E-state index is 11.9. The van der Waals surface area contributed by atoms with Gasteiger partial charge in [0.2, 0.25) is 0 Å². The van der Waals surface area contributed by atoms with Crippen molar-refractivity contribution in [3.05, 3.63) is 59.7 Å². The Morgan fingerprint density at radius 2 is 1.09 bits per heavy atom. The number of rotatable bonds is 2. The van der Waals surface area contributed by atoms with E-state index in [4.69, 9.17) is 10.5 Å². The van der Waals surface area contributed by atoms with Crippen molar-refractivity contribution in [2.45, 2.75) is 0 Å². The van der Waals surface area contributed by atoms with Gasteiger partial charge in [-0.1, -0.05) is 24.3 Å². The average molecular weight is 290 g/mol. The van der Waals surface area contributed by atoms with Gasteiger partial charge >= 0.3 is 11.8 Å². The largest absolute Gasteiger partial charge is 0.317 e. The van der Waals surface area contributed by atoms with E-state index >= 15 is 0 Å². The Morgan fingerprint density at radius 1 is 0.727 bits per heavy atom. The van der Waals surface area contributed by atoms with E-state index in [2.05, 4.69) is 10.6 Å². The minimum absolute atomic E-state index is 0.249. The maximum atomic E-state index is 11.9. The first-order chi connectivity index (χ1) is 10.7. The molecule has 106 valence electrons. The summed E-state index contributed by atoms with van der Waals surface area (Å²) in [7, 11) is 0. The van der Waals surface area contributed by atoms with E-state index in [1.807, 2.05) is 12.1 Å². The molecule has 6 nitrogen and oxygen atoms in total. The molecule has 0 bridgehead atoms. The van der Waals surface area contributed by atoms with E-state index in [0.29, 0.717) is 0 Å². The monoisotopic (exact) mass is 290 g/mol. The fourth-order valence-electron chi connectivity index (χ4n) is 1.74. The van der Waals surface area contributed by atoms with E-state index in [9.17, 15) is 9.59 Å². The topological polar surface area (TPSA) is 106 Å². The van der Waals surface area contributed by atoms with Crippen molar-refractivity contribution in [3.8, 4) is 12.1 Å². The predicted octanol–water partition coefficient (Wildman–Crippen LogP) is 2.01. The highest BCUT2D eigenvalue weighted by molar-refractivity contribution is 6.43. The van der Waals surface area contributed by atoms with Crippen LogP contribution in [0.5, 0.6) is 0 Å². The van der Waals surface area contributed by atoms with Gasteiger partial charge in [-0.2, -0.15) is 10.5 Å². The van der Waals surface area contributed by atoms with Crippen LogP contribution in [-0.4, -0.2) is 11.8 Å². The van der Waals surface area contributed by atoms with Crippen molar-refractivity contribution in [1.29, 1.82) is 10.5 Å². The third-order valence-corrected chi connectivity index (χ3v) is 2.80. The predicted molar refractivity (Wildman–Crippen MR) is 79.6 cm³/mol. The number of amides is 2. The number of hydrogen-bond donors (Lipinski definition) is 2. The smallest absolute Gasteiger partial charge is 0.314 e. The number of carbonyl (C=O) groups excluding carboxylic acids is 2. The van der Waals surface area contributed by atoms with Gasteiger partial charge in [0.05, 0.1) is 22.5 Å². The first kappa shape index (κ1) is 14.8. The Bertz CT molecular complexity index is 746. The molecule has 0 aliphatic heterocycles. The summed E-state index contributed by atoms with van der Waals surface area (Å²) >= 11 is 0. The average Bonchev–Trinajstić information content (AvgIpc) is 2.55. The van der Waals surface area contributed by atoms with Gasteiger partial charge in [-0.05, 0) is 24.3 Å². The zero-order valence-electron chi connectivity index (χ0n) is 11.3. The first-order valence-corrected chi connectivity index (χ1v) is 6.26. The highest BCUT2D eigenvalue weighted by Gasteiger charge is 2.16. The molecule has 0 aliphatic rings. The molecule has 0 atom stereocenters. The van der Waals surface area contributed by atoms with Gasteiger partial charge in [0, 0.05) is 0 Å². The highest BCUT2D eigenvalue weighted by atomic mass is 16.2. The molecular formula is C16H10N4O2. The molecule has 6 heteroatoms. The highest BCUT2D eigenvalue weighted by Crippen LogP contribution is 2.15. The van der Waals surface area contributed by atoms with Crippen LogP contribution in [0.15, 0.2) is 48.5 Å². The Hall–Kier alpha value is -3.64. The van der Waals surface area contributed by atoms with Crippen molar-refractivity contribution < 1.29 is 9.59 Å². The Balaban J connectivity index is 2.12. The normalized spacial score (nSPS) is 9.18. The van der Waals surface area contributed by atoms with E-state index in [-0.39, 0.29) is 22.5 Å². The summed E-state index contributed by atoms with van der Waals surface area (Å²) in [6.45, 7) is 0. The second-order valence-electron chi connectivity index (χ2n) is 4.22. The van der Waals surface area contributed by atoms with E-state index in [1.165, 1.54) is 24.3 Å². The standard InChI is InChI=1S/C16H10N4O2/c17-9-11-5-1-3-7-13(11)19-15(21)16(22)20-14-8-4-2-6-12(14)10-18/h1-8H,(H,19,21)(H,20,22). The van der Waals surface area contributed by atoms with E-state index < -0.39 is 11.8 Å². The Morgan fingerprint density at radius 3 is 1.45 bits per heavy atom. The SMILES string of the molecule is N#Cc1ccccc1NC(=O)C(=O)Nc1ccccc1C#N. The molecule has 2 aromatic carbocycles. The number of nitrogens with zero attached hydrogens (tertiary/aromatic N) is 2. The number of nitriles is 2. The second-order valence-corrected chi connectivity index (χ2v) is 4.22. The molecule has 0 saturated carbocycles. The quantitative estimate of drug-likeness (QED) is 0.825. The van der Waals surface area contributed by atoms with Crippen molar-refractivity contribution in [3.63, 3.8) is 0 Å². The van der Waals surface area contributed by atoms with Crippen LogP contribution in [0.3, 0.4) is 0 Å². The van der Waals surface area contributed by atoms with Crippen LogP contribution < -0.4 is 10.6 Å². The Labute approximate surface area is 126 Å². The van der Waals surface area contributed by atoms with Gasteiger partial charge in [0.25, 0.3) is 0 Å². The molecule has 0 fully saturated rings. The fourth-order valence-corrected chi connectivity index (χ4v) is 1.74. The zero-order valence-corrected chi connectivity index (χ0v) is 11.3. The summed E-state index contributed by atoms with van der Waals surface area (Å²) in [6.07, 6.45) is 0. The summed E-state index contributed by atoms with van der Waals surface area (Å²) in [4.78, 5) is 23.7. The molecule has 2 rings (SSSR count). The fraction of sp³-hybridized carbons (Fsp3) is 0. The van der Waals surface area contributed by atoms with Gasteiger partial charge in [-0.3, -0.25) is 9.59 Å². The number of carbonyl (C=O) groups is 2. The molecule has 2 aromatic rings. The van der Waals surface area contributed by atoms with Gasteiger partial charge < -0.3 is 10.6 Å². The van der Waals surface area contributed by atoms with Crippen molar-refractivity contribution >= 4 is 23.2 Å². The molecule has 2 N–H and O–H groups in total. The van der Waals surface area contributed by atoms with Crippen molar-refractivity contribution in [2.24, 2.45) is 0 Å². The van der Waals surface area contributed by atoms with E-state index in [1.54, 1.807) is 24.3 Å². The molecule has 0 saturated heterocycles. The summed E-state index contributed by atoms with van der Waals surface area (Å²) in [5.41, 5.74) is 1.000. The first-order valence-electron chi connectivity index (χ1n) is 6.26. The number of anilines is 2. The molecule has 22 heavy (non-hydrogen) atoms. The van der Waals surface area contributed by atoms with E-state index in [0.717, 1.165) is 0 Å². The lowest BCUT2D eigenvalue weighted by Crippen LogP contribution is -2.29. The zero-order chi connectivity index (χ0) is 15.9. The third kappa shape index (κ3) is 3.27. The summed E-state index contributed by atoms with van der Waals surface area (Å²) in [5, 5.41) is 22.6. The molecule has 0 unspecified atom stereocenters. The summed E-state index contributed by atoms with van der Waals surface area (Å²) < 4.78 is 0. The molecule has 0 spiro atoms. The molecule has 2 amide bonds.